The molecule has 8 heteroatoms. The van der Waals surface area contributed by atoms with Gasteiger partial charge >= 0.3 is 6.18 Å². The predicted octanol–water partition coefficient (Wildman–Crippen LogP) is 2.64. The molecule has 108 valence electrons. The monoisotopic (exact) mass is 350 g/mol. The Morgan fingerprint density at radius 3 is 2.50 bits per heavy atom. The van der Waals surface area contributed by atoms with Crippen LogP contribution in [-0.2, 0) is 15.8 Å². The Labute approximate surface area is 121 Å². The number of anilines is 1. The Hall–Kier alpha value is -1.57. The summed E-state index contributed by atoms with van der Waals surface area (Å²) in [4.78, 5) is 24.0. The molecule has 1 atom stereocenters. The molecule has 0 spiro atoms. The molecule has 0 aromatic heterocycles. The third-order valence-electron chi connectivity index (χ3n) is 2.99. The van der Waals surface area contributed by atoms with Crippen molar-refractivity contribution in [2.75, 3.05) is 12.4 Å². The normalized spacial score (nSPS) is 19.6. The third kappa shape index (κ3) is 2.79. The Kier molecular flexibility index (Phi) is 3.77. The Morgan fingerprint density at radius 2 is 2.00 bits per heavy atom. The first-order chi connectivity index (χ1) is 9.20. The minimum absolute atomic E-state index is 0.0627. The minimum atomic E-state index is -4.50. The second-order valence-electron chi connectivity index (χ2n) is 4.38. The summed E-state index contributed by atoms with van der Waals surface area (Å²) in [6, 6.07) is 2.74. The zero-order valence-electron chi connectivity index (χ0n) is 10.3. The van der Waals surface area contributed by atoms with Gasteiger partial charge in [-0.25, -0.2) is 0 Å². The largest absolute Gasteiger partial charge is 0.417 e. The molecule has 2 rings (SSSR count). The molecule has 1 unspecified atom stereocenters. The fraction of sp³-hybridized carbons (Fsp3) is 0.333. The molecule has 0 radical (unpaired) electrons. The molecule has 1 N–H and O–H groups in total. The number of amides is 2. The summed E-state index contributed by atoms with van der Waals surface area (Å²) >= 11 is 2.83. The number of carbonyl (C=O) groups is 2. The van der Waals surface area contributed by atoms with Crippen LogP contribution in [0.1, 0.15) is 12.0 Å². The van der Waals surface area contributed by atoms with Gasteiger partial charge in [-0.05, 0) is 18.2 Å². The first kappa shape index (κ1) is 14.8. The van der Waals surface area contributed by atoms with Crippen molar-refractivity contribution in [2.45, 2.75) is 18.6 Å². The van der Waals surface area contributed by atoms with Crippen LogP contribution in [0.15, 0.2) is 22.7 Å². The molecule has 4 nitrogen and oxygen atoms in total. The lowest BCUT2D eigenvalue weighted by atomic mass is 10.1. The van der Waals surface area contributed by atoms with Crippen molar-refractivity contribution in [1.29, 1.82) is 0 Å². The van der Waals surface area contributed by atoms with E-state index < -0.39 is 23.7 Å². The lowest BCUT2D eigenvalue weighted by Gasteiger charge is -2.15. The average molecular weight is 351 g/mol. The minimum Gasteiger partial charge on any atom is -0.373 e. The lowest BCUT2D eigenvalue weighted by Crippen LogP contribution is -2.31. The highest BCUT2D eigenvalue weighted by Gasteiger charge is 2.37. The number of carbonyl (C=O) groups excluding carboxylic acids is 2. The number of hydrogen-bond acceptors (Lipinski definition) is 3. The number of benzene rings is 1. The van der Waals surface area contributed by atoms with Crippen LogP contribution in [0, 0.1) is 0 Å². The van der Waals surface area contributed by atoms with Crippen molar-refractivity contribution in [1.82, 2.24) is 4.90 Å². The van der Waals surface area contributed by atoms with Crippen LogP contribution in [0.25, 0.3) is 0 Å². The van der Waals surface area contributed by atoms with Gasteiger partial charge in [-0.1, -0.05) is 15.9 Å². The van der Waals surface area contributed by atoms with Gasteiger partial charge in [0.25, 0.3) is 5.91 Å². The molecule has 1 heterocycles. The third-order valence-corrected chi connectivity index (χ3v) is 3.69. The number of imide groups is 1. The van der Waals surface area contributed by atoms with E-state index in [0.29, 0.717) is 0 Å². The molecule has 1 saturated heterocycles. The molecule has 1 aromatic rings. The molecule has 0 saturated carbocycles. The van der Waals surface area contributed by atoms with Crippen LogP contribution in [0.5, 0.6) is 0 Å². The number of likely N-dealkylation sites (tertiary alicyclic amines) is 1. The zero-order valence-corrected chi connectivity index (χ0v) is 11.9. The molecular formula is C12H10BrF3N2O2. The van der Waals surface area contributed by atoms with E-state index in [2.05, 4.69) is 21.2 Å². The van der Waals surface area contributed by atoms with E-state index in [1.165, 1.54) is 19.2 Å². The molecule has 20 heavy (non-hydrogen) atoms. The van der Waals surface area contributed by atoms with Crippen LogP contribution in [0.4, 0.5) is 18.9 Å². The quantitative estimate of drug-likeness (QED) is 0.834. The number of nitrogens with zero attached hydrogens (tertiary/aromatic N) is 1. The van der Waals surface area contributed by atoms with Crippen LogP contribution < -0.4 is 5.32 Å². The van der Waals surface area contributed by atoms with E-state index in [-0.39, 0.29) is 22.5 Å². The van der Waals surface area contributed by atoms with E-state index in [1.54, 1.807) is 0 Å². The summed E-state index contributed by atoms with van der Waals surface area (Å²) < 4.78 is 38.2. The molecule has 1 aromatic carbocycles. The highest BCUT2D eigenvalue weighted by molar-refractivity contribution is 9.10. The van der Waals surface area contributed by atoms with Crippen molar-refractivity contribution >= 4 is 33.4 Å². The summed E-state index contributed by atoms with van der Waals surface area (Å²) in [5.74, 6) is -0.813. The van der Waals surface area contributed by atoms with E-state index in [4.69, 9.17) is 0 Å². The van der Waals surface area contributed by atoms with Gasteiger partial charge < -0.3 is 5.32 Å². The second kappa shape index (κ2) is 5.08. The maximum Gasteiger partial charge on any atom is 0.417 e. The van der Waals surface area contributed by atoms with E-state index in [9.17, 15) is 22.8 Å². The molecule has 0 bridgehead atoms. The number of alkyl halides is 3. The van der Waals surface area contributed by atoms with Gasteiger partial charge in [0, 0.05) is 17.2 Å². The van der Waals surface area contributed by atoms with E-state index >= 15 is 0 Å². The first-order valence-electron chi connectivity index (χ1n) is 5.64. The molecule has 0 aliphatic carbocycles. The van der Waals surface area contributed by atoms with Crippen molar-refractivity contribution < 1.29 is 22.8 Å². The van der Waals surface area contributed by atoms with Gasteiger partial charge in [-0.3, -0.25) is 14.5 Å². The average Bonchev–Trinajstić information content (AvgIpc) is 2.58. The summed E-state index contributed by atoms with van der Waals surface area (Å²) in [7, 11) is 1.34. The second-order valence-corrected chi connectivity index (χ2v) is 5.24. The smallest absolute Gasteiger partial charge is 0.373 e. The Bertz CT molecular complexity index is 574. The molecular weight excluding hydrogens is 341 g/mol. The van der Waals surface area contributed by atoms with Crippen molar-refractivity contribution in [2.24, 2.45) is 0 Å². The molecule has 1 fully saturated rings. The molecule has 1 aliphatic rings. The molecule has 2 amide bonds. The van der Waals surface area contributed by atoms with Crippen LogP contribution >= 0.6 is 15.9 Å². The highest BCUT2D eigenvalue weighted by Crippen LogP contribution is 2.36. The SMILES string of the molecule is CN1C(=O)CC(Nc2ccc(Br)c(C(F)(F)F)c2)C1=O. The number of nitrogens with one attached hydrogen (secondary N) is 1. The summed E-state index contributed by atoms with van der Waals surface area (Å²) in [6.07, 6.45) is -4.56. The molecule has 1 aliphatic heterocycles. The van der Waals surface area contributed by atoms with Crippen molar-refractivity contribution in [3.05, 3.63) is 28.2 Å². The van der Waals surface area contributed by atoms with Gasteiger partial charge in [-0.2, -0.15) is 13.2 Å². The van der Waals surface area contributed by atoms with Gasteiger partial charge in [0.1, 0.15) is 6.04 Å². The van der Waals surface area contributed by atoms with E-state index in [0.717, 1.165) is 11.0 Å². The summed E-state index contributed by atoms with van der Waals surface area (Å²) in [5.41, 5.74) is -0.699. The predicted molar refractivity (Wildman–Crippen MR) is 68.9 cm³/mol. The summed E-state index contributed by atoms with van der Waals surface area (Å²) in [6.45, 7) is 0. The maximum atomic E-state index is 12.8. The standard InChI is InChI=1S/C12H10BrF3N2O2/c1-18-10(19)5-9(11(18)20)17-6-2-3-8(13)7(4-6)12(14,15)16/h2-4,9,17H,5H2,1H3. The van der Waals surface area contributed by atoms with Crippen molar-refractivity contribution in [3.63, 3.8) is 0 Å². The number of hydrogen-bond donors (Lipinski definition) is 1. The highest BCUT2D eigenvalue weighted by atomic mass is 79.9. The lowest BCUT2D eigenvalue weighted by molar-refractivity contribution is -0.138. The topological polar surface area (TPSA) is 49.4 Å². The van der Waals surface area contributed by atoms with Gasteiger partial charge in [0.2, 0.25) is 5.91 Å². The van der Waals surface area contributed by atoms with Crippen LogP contribution in [0.2, 0.25) is 0 Å². The number of rotatable bonds is 2. The van der Waals surface area contributed by atoms with Crippen molar-refractivity contribution in [3.8, 4) is 0 Å². The fourth-order valence-electron chi connectivity index (χ4n) is 1.90. The van der Waals surface area contributed by atoms with Crippen LogP contribution in [0.3, 0.4) is 0 Å². The summed E-state index contributed by atoms with van der Waals surface area (Å²) in [5, 5.41) is 2.66. The first-order valence-corrected chi connectivity index (χ1v) is 6.43. The van der Waals surface area contributed by atoms with Crippen LogP contribution in [-0.4, -0.2) is 29.8 Å². The Morgan fingerprint density at radius 1 is 1.35 bits per heavy atom. The zero-order chi connectivity index (χ0) is 15.1. The van der Waals surface area contributed by atoms with Gasteiger partial charge in [0.05, 0.1) is 12.0 Å². The fourth-order valence-corrected chi connectivity index (χ4v) is 2.37. The maximum absolute atomic E-state index is 12.8. The van der Waals surface area contributed by atoms with Gasteiger partial charge in [0.15, 0.2) is 0 Å². The van der Waals surface area contributed by atoms with E-state index in [1.807, 2.05) is 0 Å². The Balaban J connectivity index is 2.23. The number of halogens is 4. The number of likely N-dealkylation sites (N-methyl/N-ethyl adjacent to an activating group) is 1. The van der Waals surface area contributed by atoms with Gasteiger partial charge in [-0.15, -0.1) is 0 Å².